The molecule has 0 aliphatic carbocycles. The van der Waals surface area contributed by atoms with Crippen LogP contribution in [0.3, 0.4) is 0 Å². The zero-order chi connectivity index (χ0) is 17.3. The minimum atomic E-state index is -0.784. The number of rotatable bonds is 3. The van der Waals surface area contributed by atoms with Crippen LogP contribution >= 0.6 is 11.3 Å². The molecule has 0 spiro atoms. The molecule has 0 saturated heterocycles. The maximum absolute atomic E-state index is 12.5. The second-order valence-corrected chi connectivity index (χ2v) is 6.56. The molecule has 1 aliphatic heterocycles. The zero-order valence-corrected chi connectivity index (χ0v) is 14.4. The molecule has 7 heteroatoms. The van der Waals surface area contributed by atoms with E-state index in [4.69, 9.17) is 14.2 Å². The van der Waals surface area contributed by atoms with Gasteiger partial charge in [0.2, 0.25) is 6.10 Å². The van der Waals surface area contributed by atoms with Crippen molar-refractivity contribution in [3.63, 3.8) is 0 Å². The molecule has 1 N–H and O–H groups in total. The van der Waals surface area contributed by atoms with E-state index in [-0.39, 0.29) is 12.5 Å². The van der Waals surface area contributed by atoms with Gasteiger partial charge in [-0.25, -0.2) is 4.79 Å². The third-order valence-electron chi connectivity index (χ3n) is 3.81. The number of methoxy groups -OCH3 is 1. The summed E-state index contributed by atoms with van der Waals surface area (Å²) in [6, 6.07) is 7.17. The standard InChI is InChI=1S/C17H17NO5S/c1-9-10(2)24-16(14(9)17(20)21-3)18-15(19)13-8-22-11-6-4-5-7-12(11)23-13/h4-7,13H,8H2,1-3H3,(H,18,19). The van der Waals surface area contributed by atoms with Crippen LogP contribution in [0.4, 0.5) is 5.00 Å². The molecule has 2 aromatic rings. The number of carbonyl (C=O) groups excluding carboxylic acids is 2. The number of esters is 1. The molecule has 1 atom stereocenters. The molecule has 24 heavy (non-hydrogen) atoms. The molecule has 0 fully saturated rings. The van der Waals surface area contributed by atoms with Gasteiger partial charge in [-0.05, 0) is 31.5 Å². The van der Waals surface area contributed by atoms with Gasteiger partial charge in [-0.1, -0.05) is 12.1 Å². The Bertz CT molecular complexity index is 798. The van der Waals surface area contributed by atoms with E-state index in [0.29, 0.717) is 22.1 Å². The summed E-state index contributed by atoms with van der Waals surface area (Å²) >= 11 is 1.33. The lowest BCUT2D eigenvalue weighted by atomic mass is 10.1. The summed E-state index contributed by atoms with van der Waals surface area (Å²) in [5.41, 5.74) is 1.18. The van der Waals surface area contributed by atoms with Crippen molar-refractivity contribution in [2.45, 2.75) is 20.0 Å². The number of benzene rings is 1. The van der Waals surface area contributed by atoms with Crippen molar-refractivity contribution >= 4 is 28.2 Å². The van der Waals surface area contributed by atoms with Crippen LogP contribution in [0.1, 0.15) is 20.8 Å². The maximum Gasteiger partial charge on any atom is 0.341 e. The predicted molar refractivity (Wildman–Crippen MR) is 90.1 cm³/mol. The summed E-state index contributed by atoms with van der Waals surface area (Å²) in [6.45, 7) is 3.82. The number of aryl methyl sites for hydroxylation is 1. The zero-order valence-electron chi connectivity index (χ0n) is 13.5. The average Bonchev–Trinajstić information content (AvgIpc) is 2.87. The maximum atomic E-state index is 12.5. The van der Waals surface area contributed by atoms with E-state index in [1.54, 1.807) is 12.1 Å². The quantitative estimate of drug-likeness (QED) is 0.864. The Morgan fingerprint density at radius 2 is 1.96 bits per heavy atom. The number of carbonyl (C=O) groups is 2. The van der Waals surface area contributed by atoms with Gasteiger partial charge in [0.1, 0.15) is 11.6 Å². The fourth-order valence-corrected chi connectivity index (χ4v) is 3.46. The third kappa shape index (κ3) is 2.94. The molecule has 0 saturated carbocycles. The number of anilines is 1. The fourth-order valence-electron chi connectivity index (χ4n) is 2.40. The van der Waals surface area contributed by atoms with Crippen LogP contribution in [0.2, 0.25) is 0 Å². The number of ether oxygens (including phenoxy) is 3. The van der Waals surface area contributed by atoms with Gasteiger partial charge in [0.05, 0.1) is 12.7 Å². The van der Waals surface area contributed by atoms with Gasteiger partial charge in [-0.3, -0.25) is 4.79 Å². The Morgan fingerprint density at radius 3 is 2.67 bits per heavy atom. The smallest absolute Gasteiger partial charge is 0.341 e. The number of amides is 1. The number of hydrogen-bond donors (Lipinski definition) is 1. The van der Waals surface area contributed by atoms with Crippen LogP contribution < -0.4 is 14.8 Å². The Morgan fingerprint density at radius 1 is 1.25 bits per heavy atom. The molecular formula is C17H17NO5S. The van der Waals surface area contributed by atoms with Crippen LogP contribution in [-0.2, 0) is 9.53 Å². The summed E-state index contributed by atoms with van der Waals surface area (Å²) in [5, 5.41) is 3.22. The summed E-state index contributed by atoms with van der Waals surface area (Å²) in [6.07, 6.45) is -0.784. The van der Waals surface area contributed by atoms with E-state index >= 15 is 0 Å². The van der Waals surface area contributed by atoms with Gasteiger partial charge >= 0.3 is 5.97 Å². The molecule has 0 bridgehead atoms. The van der Waals surface area contributed by atoms with Gasteiger partial charge in [0.25, 0.3) is 5.91 Å². The largest absolute Gasteiger partial charge is 0.485 e. The molecule has 126 valence electrons. The highest BCUT2D eigenvalue weighted by molar-refractivity contribution is 7.16. The second-order valence-electron chi connectivity index (χ2n) is 5.33. The van der Waals surface area contributed by atoms with Crippen LogP contribution in [0.5, 0.6) is 11.5 Å². The highest BCUT2D eigenvalue weighted by atomic mass is 32.1. The average molecular weight is 347 g/mol. The SMILES string of the molecule is COC(=O)c1c(NC(=O)C2COc3ccccc3O2)sc(C)c1C. The topological polar surface area (TPSA) is 73.9 Å². The summed E-state index contributed by atoms with van der Waals surface area (Å²) in [5.74, 6) is 0.296. The Hall–Kier alpha value is -2.54. The molecule has 1 aliphatic rings. The van der Waals surface area contributed by atoms with E-state index in [0.717, 1.165) is 10.4 Å². The lowest BCUT2D eigenvalue weighted by molar-refractivity contribution is -0.125. The number of nitrogens with one attached hydrogen (secondary N) is 1. The highest BCUT2D eigenvalue weighted by Crippen LogP contribution is 2.34. The van der Waals surface area contributed by atoms with Crippen LogP contribution in [0.25, 0.3) is 0 Å². The third-order valence-corrected chi connectivity index (χ3v) is 4.94. The van der Waals surface area contributed by atoms with E-state index in [2.05, 4.69) is 5.32 Å². The minimum absolute atomic E-state index is 0.111. The van der Waals surface area contributed by atoms with Crippen molar-refractivity contribution in [2.24, 2.45) is 0 Å². The van der Waals surface area contributed by atoms with Gasteiger partial charge < -0.3 is 19.5 Å². The van der Waals surface area contributed by atoms with Crippen molar-refractivity contribution in [2.75, 3.05) is 19.0 Å². The highest BCUT2D eigenvalue weighted by Gasteiger charge is 2.29. The Labute approximate surface area is 143 Å². The van der Waals surface area contributed by atoms with Crippen molar-refractivity contribution in [3.05, 3.63) is 40.3 Å². The van der Waals surface area contributed by atoms with Crippen molar-refractivity contribution in [3.8, 4) is 11.5 Å². The number of hydrogen-bond acceptors (Lipinski definition) is 6. The van der Waals surface area contributed by atoms with Crippen molar-refractivity contribution in [1.82, 2.24) is 0 Å². The normalized spacial score (nSPS) is 15.7. The van der Waals surface area contributed by atoms with Crippen LogP contribution in [0.15, 0.2) is 24.3 Å². The monoisotopic (exact) mass is 347 g/mol. The van der Waals surface area contributed by atoms with Gasteiger partial charge in [-0.15, -0.1) is 11.3 Å². The van der Waals surface area contributed by atoms with Gasteiger partial charge in [0.15, 0.2) is 11.5 Å². The van der Waals surface area contributed by atoms with E-state index in [1.807, 2.05) is 26.0 Å². The molecule has 1 unspecified atom stereocenters. The van der Waals surface area contributed by atoms with E-state index in [1.165, 1.54) is 18.4 Å². The van der Waals surface area contributed by atoms with E-state index < -0.39 is 12.1 Å². The Kier molecular flexibility index (Phi) is 4.44. The number of para-hydroxylation sites is 2. The second kappa shape index (κ2) is 6.52. The molecular weight excluding hydrogens is 330 g/mol. The summed E-state index contributed by atoms with van der Waals surface area (Å²) in [4.78, 5) is 25.4. The summed E-state index contributed by atoms with van der Waals surface area (Å²) < 4.78 is 16.0. The molecule has 3 rings (SSSR count). The van der Waals surface area contributed by atoms with Crippen LogP contribution in [0, 0.1) is 13.8 Å². The Balaban J connectivity index is 1.79. The molecule has 1 aromatic heterocycles. The molecule has 1 amide bonds. The van der Waals surface area contributed by atoms with Gasteiger partial charge in [-0.2, -0.15) is 0 Å². The first-order valence-electron chi connectivity index (χ1n) is 7.39. The molecule has 6 nitrogen and oxygen atoms in total. The molecule has 1 aromatic carbocycles. The van der Waals surface area contributed by atoms with Crippen LogP contribution in [-0.4, -0.2) is 31.7 Å². The number of fused-ring (bicyclic) bond motifs is 1. The first-order valence-corrected chi connectivity index (χ1v) is 8.20. The van der Waals surface area contributed by atoms with E-state index in [9.17, 15) is 9.59 Å². The van der Waals surface area contributed by atoms with Gasteiger partial charge in [0, 0.05) is 4.88 Å². The minimum Gasteiger partial charge on any atom is -0.485 e. The first kappa shape index (κ1) is 16.3. The van der Waals surface area contributed by atoms with Crippen molar-refractivity contribution < 1.29 is 23.8 Å². The summed E-state index contributed by atoms with van der Waals surface area (Å²) in [7, 11) is 1.31. The fraction of sp³-hybridized carbons (Fsp3) is 0.294. The lowest BCUT2D eigenvalue weighted by Crippen LogP contribution is -2.40. The predicted octanol–water partition coefficient (Wildman–Crippen LogP) is 2.93. The first-order chi connectivity index (χ1) is 11.5. The number of thiophene rings is 1. The van der Waals surface area contributed by atoms with Crippen molar-refractivity contribution in [1.29, 1.82) is 0 Å². The lowest BCUT2D eigenvalue weighted by Gasteiger charge is -2.25. The molecule has 0 radical (unpaired) electrons. The molecule has 2 heterocycles.